The summed E-state index contributed by atoms with van der Waals surface area (Å²) >= 11 is 0. The number of hydrogen-bond acceptors (Lipinski definition) is 3. The molecule has 0 atom stereocenters. The number of aromatic amines is 1. The molecule has 0 saturated carbocycles. The fraction of sp³-hybridized carbons (Fsp3) is 0. The third-order valence-corrected chi connectivity index (χ3v) is 0.638. The molecule has 0 radical (unpaired) electrons. The van der Waals surface area contributed by atoms with Gasteiger partial charge in [-0.15, -0.1) is 0 Å². The Hall–Kier alpha value is -0.216. The molecule has 3 N–H and O–H groups in total. The number of nitrogen functional groups attached to an aromatic ring is 1. The van der Waals surface area contributed by atoms with E-state index in [-0.39, 0.29) is 38.5 Å². The molecule has 0 unspecified atom stereocenters. The number of H-pyrrole nitrogens is 1. The average Bonchev–Trinajstić information content (AvgIpc) is 1.64. The number of aromatic nitrogens is 2. The third kappa shape index (κ3) is 2.72. The Morgan fingerprint density at radius 2 is 2.44 bits per heavy atom. The number of nitrogens with two attached hydrogens (primary N) is 1. The van der Waals surface area contributed by atoms with E-state index < -0.39 is 5.69 Å². The molecule has 42 valence electrons. The minimum atomic E-state index is -0.443. The van der Waals surface area contributed by atoms with Gasteiger partial charge in [-0.3, -0.25) is 0 Å². The van der Waals surface area contributed by atoms with Crippen LogP contribution in [0, 0.1) is 6.07 Å². The molecular weight excluding hydrogens is 195 g/mol. The van der Waals surface area contributed by atoms with Crippen LogP contribution in [0.4, 0.5) is 5.82 Å². The van der Waals surface area contributed by atoms with Gasteiger partial charge >= 0.3 is 38.4 Å². The van der Waals surface area contributed by atoms with Gasteiger partial charge in [0, 0.05) is 0 Å². The van der Waals surface area contributed by atoms with Crippen LogP contribution in [0.2, 0.25) is 0 Å². The molecule has 1 rings (SSSR count). The Labute approximate surface area is 76.8 Å². The van der Waals surface area contributed by atoms with Crippen LogP contribution in [0.5, 0.6) is 0 Å². The Morgan fingerprint density at radius 1 is 1.78 bits per heavy atom. The quantitative estimate of drug-likeness (QED) is 0.534. The molecule has 0 aliphatic carbocycles. The second kappa shape index (κ2) is 3.74. The molecule has 0 aliphatic rings. The second-order valence-corrected chi connectivity index (χ2v) is 1.24. The van der Waals surface area contributed by atoms with E-state index in [9.17, 15) is 4.79 Å². The standard InChI is InChI=1S/C4H4N3O.Y/c5-3-1-2-6-4(8)7-3;/h2H,(H3,5,6,7,8);/q-1;+3. The van der Waals surface area contributed by atoms with Crippen LogP contribution < -0.4 is 11.4 Å². The van der Waals surface area contributed by atoms with Crippen LogP contribution in [0.1, 0.15) is 0 Å². The predicted octanol–water partition coefficient (Wildman–Crippen LogP) is -0.850. The van der Waals surface area contributed by atoms with E-state index in [1.54, 1.807) is 0 Å². The van der Waals surface area contributed by atoms with Gasteiger partial charge in [0.15, 0.2) is 0 Å². The molecule has 0 spiro atoms. The first kappa shape index (κ1) is 8.78. The smallest absolute Gasteiger partial charge is 0.413 e. The summed E-state index contributed by atoms with van der Waals surface area (Å²) in [7, 11) is 0. The molecule has 1 aromatic rings. The van der Waals surface area contributed by atoms with Gasteiger partial charge < -0.3 is 16.8 Å². The maximum atomic E-state index is 10.2. The van der Waals surface area contributed by atoms with E-state index in [0.717, 1.165) is 0 Å². The van der Waals surface area contributed by atoms with Crippen molar-refractivity contribution < 1.29 is 32.7 Å². The molecule has 0 bridgehead atoms. The summed E-state index contributed by atoms with van der Waals surface area (Å²) in [5.74, 6) is 0.119. The van der Waals surface area contributed by atoms with E-state index in [1.807, 2.05) is 0 Å². The monoisotopic (exact) mass is 199 g/mol. The van der Waals surface area contributed by atoms with Crippen LogP contribution in [0.25, 0.3) is 0 Å². The molecule has 5 heteroatoms. The maximum Gasteiger partial charge on any atom is 3.00 e. The molecule has 0 aromatic carbocycles. The van der Waals surface area contributed by atoms with Gasteiger partial charge in [0.1, 0.15) is 0 Å². The van der Waals surface area contributed by atoms with E-state index >= 15 is 0 Å². The van der Waals surface area contributed by atoms with Gasteiger partial charge in [-0.05, 0) is 0 Å². The summed E-state index contributed by atoms with van der Waals surface area (Å²) in [4.78, 5) is 15.8. The summed E-state index contributed by atoms with van der Waals surface area (Å²) in [6.45, 7) is 0. The number of nitrogens with zero attached hydrogens (tertiary/aromatic N) is 1. The van der Waals surface area contributed by atoms with Crippen molar-refractivity contribution in [2.45, 2.75) is 0 Å². The van der Waals surface area contributed by atoms with Crippen LogP contribution in [-0.4, -0.2) is 9.97 Å². The number of rotatable bonds is 0. The van der Waals surface area contributed by atoms with Crippen molar-refractivity contribution in [1.82, 2.24) is 9.97 Å². The van der Waals surface area contributed by atoms with Crippen LogP contribution in [0.15, 0.2) is 11.0 Å². The minimum absolute atomic E-state index is 0. The second-order valence-electron chi connectivity index (χ2n) is 1.24. The molecule has 1 heterocycles. The Bertz CT molecular complexity index is 233. The molecular formula is C4H4N3OY+2. The molecule has 0 saturated heterocycles. The molecule has 0 aliphatic heterocycles. The largest absolute Gasteiger partial charge is 3.00 e. The van der Waals surface area contributed by atoms with E-state index in [4.69, 9.17) is 5.73 Å². The third-order valence-electron chi connectivity index (χ3n) is 0.638. The minimum Gasteiger partial charge on any atom is -0.413 e. The van der Waals surface area contributed by atoms with E-state index in [0.29, 0.717) is 0 Å². The molecule has 1 aromatic heterocycles. The van der Waals surface area contributed by atoms with Crippen molar-refractivity contribution in [3.8, 4) is 0 Å². The van der Waals surface area contributed by atoms with Crippen molar-refractivity contribution >= 4 is 5.82 Å². The average molecular weight is 199 g/mol. The Kier molecular flexibility index (Phi) is 3.65. The van der Waals surface area contributed by atoms with Gasteiger partial charge in [-0.25, -0.2) is 9.78 Å². The summed E-state index contributed by atoms with van der Waals surface area (Å²) in [5, 5.41) is 0. The number of nitrogens with one attached hydrogen (secondary N) is 1. The fourth-order valence-electron chi connectivity index (χ4n) is 0.346. The molecule has 9 heavy (non-hydrogen) atoms. The van der Waals surface area contributed by atoms with Crippen LogP contribution in [0.3, 0.4) is 0 Å². The van der Waals surface area contributed by atoms with Crippen molar-refractivity contribution in [2.75, 3.05) is 5.73 Å². The van der Waals surface area contributed by atoms with Gasteiger partial charge in [-0.2, -0.15) is 6.20 Å². The zero-order valence-electron chi connectivity index (χ0n) is 4.59. The fourth-order valence-corrected chi connectivity index (χ4v) is 0.346. The molecule has 0 fully saturated rings. The molecule has 4 nitrogen and oxygen atoms in total. The van der Waals surface area contributed by atoms with Gasteiger partial charge in [-0.1, -0.05) is 5.82 Å². The maximum absolute atomic E-state index is 10.2. The molecule has 0 amide bonds. The van der Waals surface area contributed by atoms with Crippen molar-refractivity contribution in [3.63, 3.8) is 0 Å². The summed E-state index contributed by atoms with van der Waals surface area (Å²) in [6.07, 6.45) is 1.32. The normalized spacial score (nSPS) is 8.00. The van der Waals surface area contributed by atoms with Gasteiger partial charge in [0.25, 0.3) is 0 Å². The Balaban J connectivity index is 0.000000640. The topological polar surface area (TPSA) is 71.8 Å². The zero-order valence-corrected chi connectivity index (χ0v) is 7.43. The summed E-state index contributed by atoms with van der Waals surface area (Å²) < 4.78 is 0. The first-order chi connectivity index (χ1) is 3.79. The van der Waals surface area contributed by atoms with Gasteiger partial charge in [0.05, 0.1) is 0 Å². The SMILES string of the molecule is Nc1[c-]c[nH]c(=O)n1.[Y+3]. The van der Waals surface area contributed by atoms with Crippen molar-refractivity contribution in [2.24, 2.45) is 0 Å². The first-order valence-corrected chi connectivity index (χ1v) is 2.02. The zero-order chi connectivity index (χ0) is 5.98. The van der Waals surface area contributed by atoms with E-state index in [2.05, 4.69) is 16.0 Å². The van der Waals surface area contributed by atoms with Crippen molar-refractivity contribution in [3.05, 3.63) is 22.7 Å². The summed E-state index contributed by atoms with van der Waals surface area (Å²) in [6, 6.07) is 2.48. The van der Waals surface area contributed by atoms with Gasteiger partial charge in [0.2, 0.25) is 0 Å². The first-order valence-electron chi connectivity index (χ1n) is 2.02. The predicted molar refractivity (Wildman–Crippen MR) is 28.1 cm³/mol. The summed E-state index contributed by atoms with van der Waals surface area (Å²) in [5.41, 5.74) is 4.63. The van der Waals surface area contributed by atoms with E-state index in [1.165, 1.54) is 6.20 Å². The number of hydrogen-bond donors (Lipinski definition) is 2. The Morgan fingerprint density at radius 3 is 2.78 bits per heavy atom. The van der Waals surface area contributed by atoms with Crippen molar-refractivity contribution in [1.29, 1.82) is 0 Å². The number of anilines is 1. The van der Waals surface area contributed by atoms with Crippen LogP contribution >= 0.6 is 0 Å². The van der Waals surface area contributed by atoms with Crippen LogP contribution in [-0.2, 0) is 32.7 Å².